The molecular formula is C13H22O3. The van der Waals surface area contributed by atoms with Gasteiger partial charge in [0.1, 0.15) is 5.78 Å². The molecule has 0 aromatic heterocycles. The fraction of sp³-hybridized carbons (Fsp3) is 0.923. The van der Waals surface area contributed by atoms with Crippen LogP contribution in [0.1, 0.15) is 51.4 Å². The van der Waals surface area contributed by atoms with Crippen molar-refractivity contribution >= 4 is 5.78 Å². The molecule has 2 saturated carbocycles. The maximum atomic E-state index is 12.2. The quantitative estimate of drug-likeness (QED) is 0.753. The lowest BCUT2D eigenvalue weighted by Crippen LogP contribution is -2.32. The summed E-state index contributed by atoms with van der Waals surface area (Å²) in [6.45, 7) is 0. The standard InChI is InChI=1S/C13H22O3/c14-11-5-1-9(2-6-11)13(16)10-3-7-12(15)8-4-10/h9-12,14-15H,1-8H2. The van der Waals surface area contributed by atoms with Crippen molar-refractivity contribution in [3.05, 3.63) is 0 Å². The minimum Gasteiger partial charge on any atom is -0.393 e. The molecule has 0 radical (unpaired) electrons. The Morgan fingerprint density at radius 1 is 0.688 bits per heavy atom. The Hall–Kier alpha value is -0.410. The van der Waals surface area contributed by atoms with E-state index in [0.29, 0.717) is 5.78 Å². The molecule has 3 nitrogen and oxygen atoms in total. The summed E-state index contributed by atoms with van der Waals surface area (Å²) >= 11 is 0. The average molecular weight is 226 g/mol. The highest BCUT2D eigenvalue weighted by Crippen LogP contribution is 2.32. The normalized spacial score (nSPS) is 40.6. The van der Waals surface area contributed by atoms with E-state index in [1.54, 1.807) is 0 Å². The molecule has 2 fully saturated rings. The van der Waals surface area contributed by atoms with Gasteiger partial charge in [0, 0.05) is 11.8 Å². The van der Waals surface area contributed by atoms with Crippen LogP contribution in [0.3, 0.4) is 0 Å². The van der Waals surface area contributed by atoms with Crippen molar-refractivity contribution in [1.82, 2.24) is 0 Å². The SMILES string of the molecule is O=C(C1CCC(O)CC1)C1CCC(O)CC1. The number of carbonyl (C=O) groups is 1. The third-order valence-corrected chi connectivity index (χ3v) is 4.20. The van der Waals surface area contributed by atoms with E-state index in [1.807, 2.05) is 0 Å². The van der Waals surface area contributed by atoms with E-state index < -0.39 is 0 Å². The maximum Gasteiger partial charge on any atom is 0.139 e. The predicted octanol–water partition coefficient (Wildman–Crippen LogP) is 1.66. The molecule has 2 N–H and O–H groups in total. The van der Waals surface area contributed by atoms with Crippen LogP contribution in [0.25, 0.3) is 0 Å². The van der Waals surface area contributed by atoms with Crippen molar-refractivity contribution in [2.45, 2.75) is 63.6 Å². The lowest BCUT2D eigenvalue weighted by atomic mass is 9.75. The lowest BCUT2D eigenvalue weighted by Gasteiger charge is -2.30. The van der Waals surface area contributed by atoms with Gasteiger partial charge in [0.15, 0.2) is 0 Å². The number of carbonyl (C=O) groups excluding carboxylic acids is 1. The number of ketones is 1. The van der Waals surface area contributed by atoms with Crippen molar-refractivity contribution < 1.29 is 15.0 Å². The van der Waals surface area contributed by atoms with Crippen LogP contribution >= 0.6 is 0 Å². The van der Waals surface area contributed by atoms with Gasteiger partial charge in [-0.25, -0.2) is 0 Å². The predicted molar refractivity (Wildman–Crippen MR) is 60.9 cm³/mol. The average Bonchev–Trinajstić information content (AvgIpc) is 2.30. The third-order valence-electron chi connectivity index (χ3n) is 4.20. The summed E-state index contributed by atoms with van der Waals surface area (Å²) in [6.07, 6.45) is 6.21. The first-order valence-electron chi connectivity index (χ1n) is 6.56. The third kappa shape index (κ3) is 2.83. The molecule has 0 aliphatic heterocycles. The first-order chi connectivity index (χ1) is 7.66. The van der Waals surface area contributed by atoms with Crippen molar-refractivity contribution in [1.29, 1.82) is 0 Å². The highest BCUT2D eigenvalue weighted by Gasteiger charge is 2.32. The van der Waals surface area contributed by atoms with Gasteiger partial charge in [0.2, 0.25) is 0 Å². The summed E-state index contributed by atoms with van der Waals surface area (Å²) in [7, 11) is 0. The number of hydrogen-bond donors (Lipinski definition) is 2. The van der Waals surface area contributed by atoms with E-state index in [1.165, 1.54) is 0 Å². The molecule has 0 aromatic rings. The van der Waals surface area contributed by atoms with E-state index in [0.717, 1.165) is 51.4 Å². The summed E-state index contributed by atoms with van der Waals surface area (Å²) in [4.78, 5) is 12.2. The second kappa shape index (κ2) is 5.28. The number of rotatable bonds is 2. The lowest BCUT2D eigenvalue weighted by molar-refractivity contribution is -0.130. The van der Waals surface area contributed by atoms with Crippen LogP contribution in [0.2, 0.25) is 0 Å². The largest absolute Gasteiger partial charge is 0.393 e. The first kappa shape index (κ1) is 12.1. The maximum absolute atomic E-state index is 12.2. The van der Waals surface area contributed by atoms with Crippen LogP contribution in [0.15, 0.2) is 0 Å². The Labute approximate surface area is 96.9 Å². The fourth-order valence-corrected chi connectivity index (χ4v) is 3.05. The molecule has 3 heteroatoms. The van der Waals surface area contributed by atoms with Gasteiger partial charge in [-0.2, -0.15) is 0 Å². The highest BCUT2D eigenvalue weighted by atomic mass is 16.3. The van der Waals surface area contributed by atoms with E-state index in [9.17, 15) is 15.0 Å². The summed E-state index contributed by atoms with van der Waals surface area (Å²) in [6, 6.07) is 0. The zero-order valence-electron chi connectivity index (χ0n) is 9.77. The molecule has 0 aromatic carbocycles. The topological polar surface area (TPSA) is 57.5 Å². The monoisotopic (exact) mass is 226 g/mol. The van der Waals surface area contributed by atoms with Gasteiger partial charge in [-0.05, 0) is 51.4 Å². The van der Waals surface area contributed by atoms with Gasteiger partial charge in [-0.3, -0.25) is 4.79 Å². The van der Waals surface area contributed by atoms with Gasteiger partial charge in [0.25, 0.3) is 0 Å². The molecule has 92 valence electrons. The van der Waals surface area contributed by atoms with Crippen LogP contribution in [-0.4, -0.2) is 28.2 Å². The highest BCUT2D eigenvalue weighted by molar-refractivity contribution is 5.83. The smallest absolute Gasteiger partial charge is 0.139 e. The molecule has 0 saturated heterocycles. The summed E-state index contributed by atoms with van der Waals surface area (Å²) in [5.74, 6) is 0.770. The van der Waals surface area contributed by atoms with Gasteiger partial charge < -0.3 is 10.2 Å². The number of aliphatic hydroxyl groups is 2. The van der Waals surface area contributed by atoms with E-state index >= 15 is 0 Å². The molecule has 2 rings (SSSR count). The molecule has 0 heterocycles. The van der Waals surface area contributed by atoms with Crippen LogP contribution < -0.4 is 0 Å². The molecule has 0 atom stereocenters. The molecular weight excluding hydrogens is 204 g/mol. The molecule has 0 unspecified atom stereocenters. The second-order valence-electron chi connectivity index (χ2n) is 5.41. The molecule has 0 amide bonds. The van der Waals surface area contributed by atoms with Gasteiger partial charge in [0.05, 0.1) is 12.2 Å². The number of aliphatic hydroxyl groups excluding tert-OH is 2. The summed E-state index contributed by atoms with van der Waals surface area (Å²) in [5, 5.41) is 18.8. The first-order valence-corrected chi connectivity index (χ1v) is 6.56. The number of Topliss-reactive ketones (excluding diaryl/α,β-unsaturated/α-hetero) is 1. The summed E-state index contributed by atoms with van der Waals surface area (Å²) in [5.41, 5.74) is 0. The van der Waals surface area contributed by atoms with Gasteiger partial charge >= 0.3 is 0 Å². The molecule has 2 aliphatic carbocycles. The van der Waals surface area contributed by atoms with Crippen LogP contribution in [0, 0.1) is 11.8 Å². The Morgan fingerprint density at radius 3 is 1.31 bits per heavy atom. The van der Waals surface area contributed by atoms with Crippen LogP contribution in [-0.2, 0) is 4.79 Å². The zero-order chi connectivity index (χ0) is 11.5. The molecule has 2 aliphatic rings. The summed E-state index contributed by atoms with van der Waals surface area (Å²) < 4.78 is 0. The van der Waals surface area contributed by atoms with Crippen molar-refractivity contribution in [2.24, 2.45) is 11.8 Å². The Morgan fingerprint density at radius 2 is 1.00 bits per heavy atom. The molecule has 16 heavy (non-hydrogen) atoms. The fourth-order valence-electron chi connectivity index (χ4n) is 3.05. The van der Waals surface area contributed by atoms with Gasteiger partial charge in [-0.15, -0.1) is 0 Å². The van der Waals surface area contributed by atoms with Crippen LogP contribution in [0.5, 0.6) is 0 Å². The minimum atomic E-state index is -0.183. The zero-order valence-corrected chi connectivity index (χ0v) is 9.77. The molecule has 0 spiro atoms. The van der Waals surface area contributed by atoms with Crippen molar-refractivity contribution in [3.8, 4) is 0 Å². The van der Waals surface area contributed by atoms with E-state index in [4.69, 9.17) is 0 Å². The minimum absolute atomic E-state index is 0.183. The van der Waals surface area contributed by atoms with E-state index in [2.05, 4.69) is 0 Å². The Balaban J connectivity index is 1.83. The van der Waals surface area contributed by atoms with Crippen molar-refractivity contribution in [2.75, 3.05) is 0 Å². The Kier molecular flexibility index (Phi) is 3.98. The van der Waals surface area contributed by atoms with E-state index in [-0.39, 0.29) is 24.0 Å². The van der Waals surface area contributed by atoms with Crippen molar-refractivity contribution in [3.63, 3.8) is 0 Å². The Bertz CT molecular complexity index is 212. The van der Waals surface area contributed by atoms with Gasteiger partial charge in [-0.1, -0.05) is 0 Å². The second-order valence-corrected chi connectivity index (χ2v) is 5.41. The number of hydrogen-bond acceptors (Lipinski definition) is 3. The molecule has 0 bridgehead atoms. The van der Waals surface area contributed by atoms with Crippen LogP contribution in [0.4, 0.5) is 0 Å².